The lowest BCUT2D eigenvalue weighted by Crippen LogP contribution is -2.17. The second-order valence-corrected chi connectivity index (χ2v) is 8.46. The summed E-state index contributed by atoms with van der Waals surface area (Å²) in [4.78, 5) is 12.8. The zero-order chi connectivity index (χ0) is 11.9. The van der Waals surface area contributed by atoms with Gasteiger partial charge in [-0.05, 0) is 31.9 Å². The lowest BCUT2D eigenvalue weighted by Gasteiger charge is -2.32. The molecule has 0 N–H and O–H groups in total. The molecular formula is C14H19NOS. The molecule has 0 saturated carbocycles. The normalized spacial score (nSPS) is 24.5. The Labute approximate surface area is 104 Å². The van der Waals surface area contributed by atoms with Crippen molar-refractivity contribution in [3.05, 3.63) is 29.8 Å². The van der Waals surface area contributed by atoms with E-state index in [9.17, 15) is 4.79 Å². The SMILES string of the molecule is CC(=O)c1ccc(S2(N3CCCC3)CC2)cc1. The van der Waals surface area contributed by atoms with Crippen LogP contribution in [-0.2, 0) is 0 Å². The standard InChI is InChI=1S/C14H19NOS/c1-12(16)13-4-6-14(7-5-13)17(10-11-17)15-8-2-3-9-15/h4-7H,2-3,8-11H2,1H3. The number of Topliss-reactive ketones (excluding diaryl/α,β-unsaturated/α-hetero) is 1. The molecule has 3 rings (SSSR count). The van der Waals surface area contributed by atoms with E-state index in [2.05, 4.69) is 16.4 Å². The Morgan fingerprint density at radius 2 is 1.71 bits per heavy atom. The maximum atomic E-state index is 11.3. The Hall–Kier alpha value is -0.800. The molecule has 2 nitrogen and oxygen atoms in total. The summed E-state index contributed by atoms with van der Waals surface area (Å²) in [7, 11) is -0.609. The minimum Gasteiger partial charge on any atom is -0.295 e. The first-order chi connectivity index (χ1) is 8.22. The van der Waals surface area contributed by atoms with Crippen molar-refractivity contribution in [1.82, 2.24) is 4.31 Å². The van der Waals surface area contributed by atoms with Crippen molar-refractivity contribution in [3.63, 3.8) is 0 Å². The fourth-order valence-electron chi connectivity index (χ4n) is 2.70. The van der Waals surface area contributed by atoms with Crippen molar-refractivity contribution in [3.8, 4) is 0 Å². The van der Waals surface area contributed by atoms with Gasteiger partial charge < -0.3 is 0 Å². The highest BCUT2D eigenvalue weighted by molar-refractivity contribution is 8.37. The van der Waals surface area contributed by atoms with Gasteiger partial charge in [-0.15, -0.1) is 0 Å². The third-order valence-electron chi connectivity index (χ3n) is 3.85. The molecule has 2 aliphatic heterocycles. The number of carbonyl (C=O) groups is 1. The summed E-state index contributed by atoms with van der Waals surface area (Å²) in [6.07, 6.45) is 2.72. The molecule has 0 aromatic heterocycles. The van der Waals surface area contributed by atoms with Gasteiger partial charge in [0, 0.05) is 35.1 Å². The van der Waals surface area contributed by atoms with E-state index in [0.29, 0.717) is 0 Å². The molecule has 0 spiro atoms. The van der Waals surface area contributed by atoms with E-state index >= 15 is 0 Å². The Morgan fingerprint density at radius 3 is 2.18 bits per heavy atom. The third kappa shape index (κ3) is 1.91. The largest absolute Gasteiger partial charge is 0.295 e. The number of rotatable bonds is 3. The molecule has 0 bridgehead atoms. The maximum absolute atomic E-state index is 11.3. The summed E-state index contributed by atoms with van der Waals surface area (Å²) < 4.78 is 2.72. The number of ketones is 1. The van der Waals surface area contributed by atoms with Crippen LogP contribution < -0.4 is 0 Å². The number of carbonyl (C=O) groups excluding carboxylic acids is 1. The summed E-state index contributed by atoms with van der Waals surface area (Å²) in [5.41, 5.74) is 0.838. The van der Waals surface area contributed by atoms with Crippen LogP contribution in [0.25, 0.3) is 0 Å². The molecule has 2 fully saturated rings. The van der Waals surface area contributed by atoms with Crippen LogP contribution in [0.1, 0.15) is 30.1 Å². The van der Waals surface area contributed by atoms with Crippen molar-refractivity contribution in [2.75, 3.05) is 24.6 Å². The molecule has 0 radical (unpaired) electrons. The summed E-state index contributed by atoms with van der Waals surface area (Å²) >= 11 is 0. The molecule has 17 heavy (non-hydrogen) atoms. The summed E-state index contributed by atoms with van der Waals surface area (Å²) in [6, 6.07) is 8.39. The van der Waals surface area contributed by atoms with E-state index < -0.39 is 10.2 Å². The van der Waals surface area contributed by atoms with Gasteiger partial charge in [-0.1, -0.05) is 12.1 Å². The second-order valence-electron chi connectivity index (χ2n) is 4.97. The highest BCUT2D eigenvalue weighted by Gasteiger charge is 2.44. The highest BCUT2D eigenvalue weighted by Crippen LogP contribution is 2.70. The van der Waals surface area contributed by atoms with Crippen molar-refractivity contribution in [2.45, 2.75) is 24.7 Å². The molecule has 2 saturated heterocycles. The van der Waals surface area contributed by atoms with Gasteiger partial charge in [0.25, 0.3) is 0 Å². The first-order valence-corrected chi connectivity index (χ1v) is 8.30. The van der Waals surface area contributed by atoms with Crippen LogP contribution in [0.2, 0.25) is 0 Å². The van der Waals surface area contributed by atoms with E-state index in [-0.39, 0.29) is 5.78 Å². The lowest BCUT2D eigenvalue weighted by atomic mass is 10.2. The summed E-state index contributed by atoms with van der Waals surface area (Å²) in [6.45, 7) is 4.20. The van der Waals surface area contributed by atoms with Crippen molar-refractivity contribution >= 4 is 16.0 Å². The fourth-order valence-corrected chi connectivity index (χ4v) is 6.22. The summed E-state index contributed by atoms with van der Waals surface area (Å²) in [5, 5.41) is 0. The Balaban J connectivity index is 1.86. The fraction of sp³-hybridized carbons (Fsp3) is 0.500. The molecule has 3 heteroatoms. The van der Waals surface area contributed by atoms with E-state index in [1.54, 1.807) is 6.92 Å². The van der Waals surface area contributed by atoms with Crippen LogP contribution in [0.15, 0.2) is 29.2 Å². The van der Waals surface area contributed by atoms with Gasteiger partial charge in [-0.2, -0.15) is 10.2 Å². The van der Waals surface area contributed by atoms with E-state index in [1.165, 1.54) is 42.3 Å². The van der Waals surface area contributed by atoms with Gasteiger partial charge in [0.05, 0.1) is 0 Å². The average molecular weight is 249 g/mol. The quantitative estimate of drug-likeness (QED) is 0.606. The zero-order valence-corrected chi connectivity index (χ0v) is 11.1. The zero-order valence-electron chi connectivity index (χ0n) is 10.3. The molecule has 1 aromatic rings. The summed E-state index contributed by atoms with van der Waals surface area (Å²) in [5.74, 6) is 2.90. The molecule has 0 aliphatic carbocycles. The van der Waals surface area contributed by atoms with Crippen LogP contribution >= 0.6 is 10.2 Å². The van der Waals surface area contributed by atoms with Gasteiger partial charge >= 0.3 is 0 Å². The predicted molar refractivity (Wildman–Crippen MR) is 72.8 cm³/mol. The predicted octanol–water partition coefficient (Wildman–Crippen LogP) is 3.08. The van der Waals surface area contributed by atoms with Gasteiger partial charge in [0.2, 0.25) is 0 Å². The molecule has 0 unspecified atom stereocenters. The van der Waals surface area contributed by atoms with Crippen LogP contribution in [-0.4, -0.2) is 34.7 Å². The maximum Gasteiger partial charge on any atom is 0.159 e. The molecular weight excluding hydrogens is 230 g/mol. The van der Waals surface area contributed by atoms with Gasteiger partial charge in [0.15, 0.2) is 5.78 Å². The van der Waals surface area contributed by atoms with Gasteiger partial charge in [-0.3, -0.25) is 9.10 Å². The molecule has 92 valence electrons. The van der Waals surface area contributed by atoms with Crippen LogP contribution in [0.5, 0.6) is 0 Å². The van der Waals surface area contributed by atoms with Crippen LogP contribution in [0, 0.1) is 0 Å². The smallest absolute Gasteiger partial charge is 0.159 e. The van der Waals surface area contributed by atoms with E-state index in [1.807, 2.05) is 12.1 Å². The van der Waals surface area contributed by atoms with Crippen molar-refractivity contribution < 1.29 is 4.79 Å². The molecule has 0 atom stereocenters. The molecule has 2 heterocycles. The Morgan fingerprint density at radius 1 is 1.12 bits per heavy atom. The van der Waals surface area contributed by atoms with Crippen molar-refractivity contribution in [1.29, 1.82) is 0 Å². The minimum absolute atomic E-state index is 0.164. The number of hydrogen-bond donors (Lipinski definition) is 0. The first kappa shape index (κ1) is 11.3. The molecule has 1 aromatic carbocycles. The second kappa shape index (κ2) is 4.14. The Bertz CT molecular complexity index is 430. The van der Waals surface area contributed by atoms with Crippen LogP contribution in [0.3, 0.4) is 0 Å². The Kier molecular flexibility index (Phi) is 2.75. The van der Waals surface area contributed by atoms with Crippen LogP contribution in [0.4, 0.5) is 0 Å². The number of nitrogens with zero attached hydrogens (tertiary/aromatic N) is 1. The van der Waals surface area contributed by atoms with E-state index in [4.69, 9.17) is 0 Å². The third-order valence-corrected chi connectivity index (χ3v) is 7.53. The molecule has 2 aliphatic rings. The monoisotopic (exact) mass is 249 g/mol. The highest BCUT2D eigenvalue weighted by atomic mass is 32.3. The average Bonchev–Trinajstić information content (AvgIpc) is 2.97. The minimum atomic E-state index is -0.609. The first-order valence-electron chi connectivity index (χ1n) is 6.37. The van der Waals surface area contributed by atoms with Gasteiger partial charge in [0.1, 0.15) is 0 Å². The van der Waals surface area contributed by atoms with E-state index in [0.717, 1.165) is 5.56 Å². The van der Waals surface area contributed by atoms with Gasteiger partial charge in [-0.25, -0.2) is 0 Å². The molecule has 0 amide bonds. The number of hydrogen-bond acceptors (Lipinski definition) is 2. The number of benzene rings is 1. The lowest BCUT2D eigenvalue weighted by molar-refractivity contribution is 0.101. The topological polar surface area (TPSA) is 20.3 Å². The van der Waals surface area contributed by atoms with Crippen molar-refractivity contribution in [2.24, 2.45) is 0 Å².